The maximum Gasteiger partial charge on any atom is 0.251 e. The van der Waals surface area contributed by atoms with Crippen LogP contribution < -0.4 is 5.32 Å². The van der Waals surface area contributed by atoms with Gasteiger partial charge in [0, 0.05) is 42.4 Å². The van der Waals surface area contributed by atoms with Crippen LogP contribution in [-0.4, -0.2) is 41.6 Å². The highest BCUT2D eigenvalue weighted by Gasteiger charge is 2.42. The maximum atomic E-state index is 13.0. The highest BCUT2D eigenvalue weighted by molar-refractivity contribution is 5.94. The van der Waals surface area contributed by atoms with Crippen molar-refractivity contribution in [2.24, 2.45) is 17.8 Å². The average molecular weight is 368 g/mol. The van der Waals surface area contributed by atoms with Crippen molar-refractivity contribution >= 4 is 17.6 Å². The number of nitrogens with zero attached hydrogens (tertiary/aromatic N) is 1. The fourth-order valence-corrected chi connectivity index (χ4v) is 5.04. The topological polar surface area (TPSA) is 66.5 Å². The van der Waals surface area contributed by atoms with E-state index < -0.39 is 0 Å². The average Bonchev–Trinajstić information content (AvgIpc) is 2.68. The van der Waals surface area contributed by atoms with E-state index in [1.807, 2.05) is 35.2 Å². The molecule has 3 aliphatic rings. The monoisotopic (exact) mass is 368 g/mol. The molecule has 1 aromatic carbocycles. The van der Waals surface area contributed by atoms with Gasteiger partial charge in [-0.25, -0.2) is 0 Å². The van der Waals surface area contributed by atoms with Crippen LogP contribution in [0.4, 0.5) is 0 Å². The van der Waals surface area contributed by atoms with E-state index in [0.29, 0.717) is 24.4 Å². The number of amides is 2. The molecule has 2 bridgehead atoms. The molecule has 1 saturated heterocycles. The lowest BCUT2D eigenvalue weighted by molar-refractivity contribution is -0.143. The summed E-state index contributed by atoms with van der Waals surface area (Å²) in [6, 6.07) is 9.37. The first-order chi connectivity index (χ1) is 13.1. The minimum absolute atomic E-state index is 0.0217. The highest BCUT2D eigenvalue weighted by atomic mass is 16.2. The van der Waals surface area contributed by atoms with E-state index in [9.17, 15) is 14.4 Å². The Morgan fingerprint density at radius 1 is 0.926 bits per heavy atom. The number of ketones is 1. The molecule has 5 heteroatoms. The van der Waals surface area contributed by atoms with Crippen LogP contribution in [0.3, 0.4) is 0 Å². The number of carbonyl (C=O) groups is 3. The second kappa shape index (κ2) is 7.83. The Morgan fingerprint density at radius 3 is 2.19 bits per heavy atom. The molecule has 2 aliphatic carbocycles. The molecule has 0 aromatic heterocycles. The molecule has 2 atom stereocenters. The van der Waals surface area contributed by atoms with E-state index in [-0.39, 0.29) is 35.6 Å². The van der Waals surface area contributed by atoms with Gasteiger partial charge >= 0.3 is 0 Å². The molecule has 1 aliphatic heterocycles. The molecule has 0 spiro atoms. The van der Waals surface area contributed by atoms with Gasteiger partial charge in [0.15, 0.2) is 0 Å². The number of benzene rings is 1. The first-order valence-corrected chi connectivity index (χ1v) is 10.3. The van der Waals surface area contributed by atoms with E-state index >= 15 is 0 Å². The van der Waals surface area contributed by atoms with Crippen LogP contribution in [-0.2, 0) is 9.59 Å². The smallest absolute Gasteiger partial charge is 0.251 e. The van der Waals surface area contributed by atoms with Crippen molar-refractivity contribution in [3.63, 3.8) is 0 Å². The number of carbonyl (C=O) groups excluding carboxylic acids is 3. The number of hydrogen-bond donors (Lipinski definition) is 1. The van der Waals surface area contributed by atoms with Gasteiger partial charge in [-0.1, -0.05) is 24.6 Å². The van der Waals surface area contributed by atoms with Gasteiger partial charge in [-0.05, 0) is 50.7 Å². The third kappa shape index (κ3) is 3.92. The molecule has 2 saturated carbocycles. The van der Waals surface area contributed by atoms with Gasteiger partial charge in [0.05, 0.1) is 0 Å². The Morgan fingerprint density at radius 2 is 1.56 bits per heavy atom. The minimum atomic E-state index is -0.0426. The van der Waals surface area contributed by atoms with Gasteiger partial charge in [-0.15, -0.1) is 0 Å². The summed E-state index contributed by atoms with van der Waals surface area (Å²) in [7, 11) is 0. The molecular weight excluding hydrogens is 340 g/mol. The number of likely N-dealkylation sites (tertiary alicyclic amines) is 1. The van der Waals surface area contributed by atoms with Crippen LogP contribution in [0.5, 0.6) is 0 Å². The number of Topliss-reactive ketones (excluding diaryl/α,β-unsaturated/α-hetero) is 1. The summed E-state index contributed by atoms with van der Waals surface area (Å²) < 4.78 is 0. The first kappa shape index (κ1) is 18.2. The van der Waals surface area contributed by atoms with Crippen LogP contribution in [0.25, 0.3) is 0 Å². The van der Waals surface area contributed by atoms with Gasteiger partial charge in [0.25, 0.3) is 5.91 Å². The van der Waals surface area contributed by atoms with Gasteiger partial charge < -0.3 is 10.2 Å². The van der Waals surface area contributed by atoms with Crippen LogP contribution >= 0.6 is 0 Å². The predicted molar refractivity (Wildman–Crippen MR) is 102 cm³/mol. The number of rotatable bonds is 3. The summed E-state index contributed by atoms with van der Waals surface area (Å²) in [6.07, 6.45) is 6.15. The molecule has 2 unspecified atom stereocenters. The quantitative estimate of drug-likeness (QED) is 0.892. The molecule has 1 aromatic rings. The SMILES string of the molecule is O=C(NC1CCN(C(=O)C2CC3CCCC(C2)C3=O)CC1)c1ccccc1. The molecule has 1 N–H and O–H groups in total. The molecule has 3 fully saturated rings. The van der Waals surface area contributed by atoms with Crippen LogP contribution in [0.2, 0.25) is 0 Å². The van der Waals surface area contributed by atoms with E-state index in [2.05, 4.69) is 5.32 Å². The Kier molecular flexibility index (Phi) is 5.28. The van der Waals surface area contributed by atoms with E-state index in [1.54, 1.807) is 0 Å². The third-order valence-electron chi connectivity index (χ3n) is 6.58. The first-order valence-electron chi connectivity index (χ1n) is 10.3. The van der Waals surface area contributed by atoms with Crippen molar-refractivity contribution < 1.29 is 14.4 Å². The normalized spacial score (nSPS) is 28.7. The van der Waals surface area contributed by atoms with Crippen molar-refractivity contribution in [3.05, 3.63) is 35.9 Å². The number of fused-ring (bicyclic) bond motifs is 2. The van der Waals surface area contributed by atoms with Crippen molar-refractivity contribution in [3.8, 4) is 0 Å². The maximum absolute atomic E-state index is 13.0. The number of hydrogen-bond acceptors (Lipinski definition) is 3. The van der Waals surface area contributed by atoms with Gasteiger partial charge in [-0.3, -0.25) is 14.4 Å². The molecule has 5 nitrogen and oxygen atoms in total. The van der Waals surface area contributed by atoms with Crippen molar-refractivity contribution in [1.82, 2.24) is 10.2 Å². The molecule has 4 rings (SSSR count). The molecule has 144 valence electrons. The minimum Gasteiger partial charge on any atom is -0.349 e. The lowest BCUT2D eigenvalue weighted by atomic mass is 9.67. The lowest BCUT2D eigenvalue weighted by Gasteiger charge is -2.40. The van der Waals surface area contributed by atoms with Gasteiger partial charge in [0.2, 0.25) is 5.91 Å². The zero-order chi connectivity index (χ0) is 18.8. The Labute approximate surface area is 160 Å². The second-order valence-electron chi connectivity index (χ2n) is 8.33. The molecule has 2 amide bonds. The number of piperidine rings is 1. The molecular formula is C22H28N2O3. The van der Waals surface area contributed by atoms with Gasteiger partial charge in [0.1, 0.15) is 5.78 Å². The predicted octanol–water partition coefficient (Wildman–Crippen LogP) is 2.80. The van der Waals surface area contributed by atoms with Crippen LogP contribution in [0.15, 0.2) is 30.3 Å². The standard InChI is InChI=1S/C22H28N2O3/c25-20-16-7-4-8-17(20)14-18(13-16)22(27)24-11-9-19(10-12-24)23-21(26)15-5-2-1-3-6-15/h1-3,5-6,16-19H,4,7-14H2,(H,23,26). The van der Waals surface area contributed by atoms with Crippen LogP contribution in [0, 0.1) is 17.8 Å². The van der Waals surface area contributed by atoms with Crippen molar-refractivity contribution in [2.45, 2.75) is 51.0 Å². The zero-order valence-electron chi connectivity index (χ0n) is 15.7. The Hall–Kier alpha value is -2.17. The van der Waals surface area contributed by atoms with Crippen molar-refractivity contribution in [2.75, 3.05) is 13.1 Å². The van der Waals surface area contributed by atoms with E-state index in [4.69, 9.17) is 0 Å². The molecule has 27 heavy (non-hydrogen) atoms. The zero-order valence-corrected chi connectivity index (χ0v) is 15.7. The summed E-state index contributed by atoms with van der Waals surface area (Å²) in [5.74, 6) is 0.857. The lowest BCUT2D eigenvalue weighted by Crippen LogP contribution is -2.50. The van der Waals surface area contributed by atoms with Crippen LogP contribution in [0.1, 0.15) is 55.3 Å². The Balaban J connectivity index is 1.28. The Bertz CT molecular complexity index is 694. The third-order valence-corrected chi connectivity index (χ3v) is 6.58. The molecule has 1 heterocycles. The summed E-state index contributed by atoms with van der Waals surface area (Å²) >= 11 is 0. The summed E-state index contributed by atoms with van der Waals surface area (Å²) in [5, 5.41) is 3.09. The molecule has 0 radical (unpaired) electrons. The van der Waals surface area contributed by atoms with Crippen molar-refractivity contribution in [1.29, 1.82) is 0 Å². The highest BCUT2D eigenvalue weighted by Crippen LogP contribution is 2.40. The van der Waals surface area contributed by atoms with Gasteiger partial charge in [-0.2, -0.15) is 0 Å². The fourth-order valence-electron chi connectivity index (χ4n) is 5.04. The summed E-state index contributed by atoms with van der Waals surface area (Å²) in [5.41, 5.74) is 0.675. The van der Waals surface area contributed by atoms with E-state index in [1.165, 1.54) is 0 Å². The summed E-state index contributed by atoms with van der Waals surface area (Å²) in [6.45, 7) is 1.39. The fraction of sp³-hybridized carbons (Fsp3) is 0.591. The largest absolute Gasteiger partial charge is 0.349 e. The summed E-state index contributed by atoms with van der Waals surface area (Å²) in [4.78, 5) is 39.5. The second-order valence-corrected chi connectivity index (χ2v) is 8.33. The number of nitrogens with one attached hydrogen (secondary N) is 1. The van der Waals surface area contributed by atoms with E-state index in [0.717, 1.165) is 44.9 Å².